The molecule has 0 aliphatic heterocycles. The van der Waals surface area contributed by atoms with Gasteiger partial charge in [0.15, 0.2) is 5.78 Å². The first-order chi connectivity index (χ1) is 8.88. The number of aryl methyl sites for hydroxylation is 1. The lowest BCUT2D eigenvalue weighted by molar-refractivity contribution is -0.0580. The van der Waals surface area contributed by atoms with Gasteiger partial charge in [-0.2, -0.15) is 5.10 Å². The molecule has 0 unspecified atom stereocenters. The van der Waals surface area contributed by atoms with Crippen molar-refractivity contribution >= 4 is 5.78 Å². The van der Waals surface area contributed by atoms with Crippen molar-refractivity contribution < 1.29 is 9.53 Å². The number of hydrogen-bond donors (Lipinski definition) is 0. The van der Waals surface area contributed by atoms with Gasteiger partial charge in [-0.3, -0.25) is 9.48 Å². The second-order valence-electron chi connectivity index (χ2n) is 6.32. The Hall–Kier alpha value is -1.16. The lowest BCUT2D eigenvalue weighted by Gasteiger charge is -2.42. The number of carbonyl (C=O) groups excluding carboxylic acids is 1. The molecule has 0 bridgehead atoms. The summed E-state index contributed by atoms with van der Waals surface area (Å²) in [5, 5.41) is 4.09. The van der Waals surface area contributed by atoms with Crippen LogP contribution in [0.5, 0.6) is 0 Å². The number of ether oxygens (including phenoxy) is 1. The average Bonchev–Trinajstić information content (AvgIpc) is 2.78. The summed E-state index contributed by atoms with van der Waals surface area (Å²) in [5.74, 6) is 0.0953. The van der Waals surface area contributed by atoms with E-state index in [-0.39, 0.29) is 5.78 Å². The van der Waals surface area contributed by atoms with Gasteiger partial charge in [-0.25, -0.2) is 0 Å². The van der Waals surface area contributed by atoms with Gasteiger partial charge in [-0.05, 0) is 38.0 Å². The molecule has 2 rings (SSSR count). The summed E-state index contributed by atoms with van der Waals surface area (Å²) >= 11 is 0. The van der Waals surface area contributed by atoms with E-state index in [0.29, 0.717) is 17.6 Å². The van der Waals surface area contributed by atoms with Crippen LogP contribution in [0.3, 0.4) is 0 Å². The fourth-order valence-corrected chi connectivity index (χ4v) is 2.85. The summed E-state index contributed by atoms with van der Waals surface area (Å²) in [4.78, 5) is 12.8. The molecule has 19 heavy (non-hydrogen) atoms. The van der Waals surface area contributed by atoms with E-state index in [9.17, 15) is 4.79 Å². The zero-order valence-corrected chi connectivity index (χ0v) is 12.4. The molecular formula is C15H24N2O2. The zero-order valence-electron chi connectivity index (χ0n) is 12.4. The van der Waals surface area contributed by atoms with Crippen LogP contribution in [0.25, 0.3) is 0 Å². The van der Waals surface area contributed by atoms with Gasteiger partial charge >= 0.3 is 0 Å². The Morgan fingerprint density at radius 2 is 2.00 bits per heavy atom. The standard InChI is InChI=1S/C15H24N2O2/c1-5-19-15(8-6-14(2,3)7-9-15)13(18)12-10-16-17(4)11-12/h10-11H,5-9H2,1-4H3. The molecule has 0 saturated heterocycles. The summed E-state index contributed by atoms with van der Waals surface area (Å²) in [6.07, 6.45) is 7.09. The second-order valence-corrected chi connectivity index (χ2v) is 6.32. The first-order valence-electron chi connectivity index (χ1n) is 7.06. The van der Waals surface area contributed by atoms with E-state index < -0.39 is 5.60 Å². The molecule has 0 N–H and O–H groups in total. The highest BCUT2D eigenvalue weighted by atomic mass is 16.5. The first-order valence-corrected chi connectivity index (χ1v) is 7.06. The van der Waals surface area contributed by atoms with Crippen molar-refractivity contribution in [1.29, 1.82) is 0 Å². The van der Waals surface area contributed by atoms with Crippen molar-refractivity contribution in [2.75, 3.05) is 6.61 Å². The SMILES string of the molecule is CCOC1(C(=O)c2cnn(C)c2)CCC(C)(C)CC1. The average molecular weight is 264 g/mol. The van der Waals surface area contributed by atoms with Crippen LogP contribution in [0.2, 0.25) is 0 Å². The lowest BCUT2D eigenvalue weighted by atomic mass is 9.69. The van der Waals surface area contributed by atoms with Gasteiger partial charge in [-0.1, -0.05) is 13.8 Å². The van der Waals surface area contributed by atoms with Gasteiger partial charge in [0.1, 0.15) is 5.60 Å². The number of carbonyl (C=O) groups is 1. The number of hydrogen-bond acceptors (Lipinski definition) is 3. The number of Topliss-reactive ketones (excluding diaryl/α,β-unsaturated/α-hetero) is 1. The summed E-state index contributed by atoms with van der Waals surface area (Å²) in [6.45, 7) is 7.05. The van der Waals surface area contributed by atoms with E-state index in [1.165, 1.54) is 0 Å². The van der Waals surface area contributed by atoms with E-state index >= 15 is 0 Å². The summed E-state index contributed by atoms with van der Waals surface area (Å²) < 4.78 is 7.57. The normalized spacial score (nSPS) is 21.3. The van der Waals surface area contributed by atoms with E-state index in [1.54, 1.807) is 17.1 Å². The Kier molecular flexibility index (Phi) is 3.81. The van der Waals surface area contributed by atoms with Crippen LogP contribution in [0, 0.1) is 5.41 Å². The maximum absolute atomic E-state index is 12.8. The van der Waals surface area contributed by atoms with Crippen LogP contribution >= 0.6 is 0 Å². The Bertz CT molecular complexity index is 452. The minimum absolute atomic E-state index is 0.0953. The third-order valence-corrected chi connectivity index (χ3v) is 4.21. The highest BCUT2D eigenvalue weighted by Crippen LogP contribution is 2.43. The molecule has 4 heteroatoms. The fourth-order valence-electron chi connectivity index (χ4n) is 2.85. The van der Waals surface area contributed by atoms with Crippen molar-refractivity contribution in [3.8, 4) is 0 Å². The Labute approximate surface area is 115 Å². The van der Waals surface area contributed by atoms with Crippen molar-refractivity contribution in [1.82, 2.24) is 9.78 Å². The molecule has 1 saturated carbocycles. The van der Waals surface area contributed by atoms with Crippen molar-refractivity contribution in [3.05, 3.63) is 18.0 Å². The Balaban J connectivity index is 2.23. The molecule has 0 radical (unpaired) electrons. The third-order valence-electron chi connectivity index (χ3n) is 4.21. The number of aromatic nitrogens is 2. The number of ketones is 1. The minimum Gasteiger partial charge on any atom is -0.367 e. The van der Waals surface area contributed by atoms with E-state index in [1.807, 2.05) is 14.0 Å². The quantitative estimate of drug-likeness (QED) is 0.785. The predicted octanol–water partition coefficient (Wildman–Crippen LogP) is 2.98. The van der Waals surface area contributed by atoms with Gasteiger partial charge in [0.2, 0.25) is 0 Å². The second kappa shape index (κ2) is 5.08. The van der Waals surface area contributed by atoms with Gasteiger partial charge in [0.05, 0.1) is 11.8 Å². The molecule has 1 aromatic heterocycles. The Morgan fingerprint density at radius 1 is 1.37 bits per heavy atom. The van der Waals surface area contributed by atoms with Crippen LogP contribution in [0.1, 0.15) is 56.8 Å². The van der Waals surface area contributed by atoms with E-state index in [2.05, 4.69) is 18.9 Å². The fraction of sp³-hybridized carbons (Fsp3) is 0.733. The maximum Gasteiger partial charge on any atom is 0.197 e. The van der Waals surface area contributed by atoms with Crippen LogP contribution in [0.15, 0.2) is 12.4 Å². The highest BCUT2D eigenvalue weighted by molar-refractivity contribution is 6.02. The predicted molar refractivity (Wildman–Crippen MR) is 74.1 cm³/mol. The maximum atomic E-state index is 12.8. The molecule has 1 aliphatic rings. The van der Waals surface area contributed by atoms with E-state index in [4.69, 9.17) is 4.74 Å². The molecule has 1 heterocycles. The molecular weight excluding hydrogens is 240 g/mol. The molecule has 4 nitrogen and oxygen atoms in total. The molecule has 1 aliphatic carbocycles. The summed E-state index contributed by atoms with van der Waals surface area (Å²) in [5.41, 5.74) is 0.346. The topological polar surface area (TPSA) is 44.1 Å². The first kappa shape index (κ1) is 14.3. The van der Waals surface area contributed by atoms with Gasteiger partial charge < -0.3 is 4.74 Å². The monoisotopic (exact) mass is 264 g/mol. The largest absolute Gasteiger partial charge is 0.367 e. The van der Waals surface area contributed by atoms with Crippen LogP contribution in [-0.4, -0.2) is 27.8 Å². The van der Waals surface area contributed by atoms with Crippen molar-refractivity contribution in [2.24, 2.45) is 12.5 Å². The van der Waals surface area contributed by atoms with Gasteiger partial charge in [0, 0.05) is 19.9 Å². The van der Waals surface area contributed by atoms with Crippen molar-refractivity contribution in [2.45, 2.75) is 52.1 Å². The number of nitrogens with zero attached hydrogens (tertiary/aromatic N) is 2. The van der Waals surface area contributed by atoms with Gasteiger partial charge in [-0.15, -0.1) is 0 Å². The van der Waals surface area contributed by atoms with Crippen LogP contribution < -0.4 is 0 Å². The molecule has 0 amide bonds. The van der Waals surface area contributed by atoms with Crippen LogP contribution in [0.4, 0.5) is 0 Å². The van der Waals surface area contributed by atoms with Crippen LogP contribution in [-0.2, 0) is 11.8 Å². The van der Waals surface area contributed by atoms with Gasteiger partial charge in [0.25, 0.3) is 0 Å². The highest BCUT2D eigenvalue weighted by Gasteiger charge is 2.45. The summed E-state index contributed by atoms with van der Waals surface area (Å²) in [7, 11) is 1.83. The van der Waals surface area contributed by atoms with Crippen molar-refractivity contribution in [3.63, 3.8) is 0 Å². The molecule has 0 aromatic carbocycles. The molecule has 1 fully saturated rings. The molecule has 0 atom stereocenters. The minimum atomic E-state index is -0.632. The smallest absolute Gasteiger partial charge is 0.197 e. The third kappa shape index (κ3) is 2.89. The Morgan fingerprint density at radius 3 is 2.47 bits per heavy atom. The molecule has 1 aromatic rings. The molecule has 106 valence electrons. The zero-order chi connectivity index (χ0) is 14.1. The lowest BCUT2D eigenvalue weighted by Crippen LogP contribution is -2.46. The van der Waals surface area contributed by atoms with E-state index in [0.717, 1.165) is 25.7 Å². The summed E-state index contributed by atoms with van der Waals surface area (Å²) in [6, 6.07) is 0. The molecule has 0 spiro atoms. The number of rotatable bonds is 4.